The third-order valence-electron chi connectivity index (χ3n) is 7.89. The van der Waals surface area contributed by atoms with Crippen LogP contribution in [0.3, 0.4) is 0 Å². The smallest absolute Gasteiger partial charge is 0.272 e. The van der Waals surface area contributed by atoms with E-state index < -0.39 is 12.3 Å². The second-order valence-corrected chi connectivity index (χ2v) is 13.1. The van der Waals surface area contributed by atoms with E-state index in [9.17, 15) is 23.6 Å². The molecule has 1 aromatic carbocycles. The van der Waals surface area contributed by atoms with Gasteiger partial charge in [-0.05, 0) is 62.4 Å². The Morgan fingerprint density at radius 1 is 1.20 bits per heavy atom. The highest BCUT2D eigenvalue weighted by Gasteiger charge is 2.32. The third kappa shape index (κ3) is 7.17. The number of anilines is 1. The second kappa shape index (κ2) is 13.5. The van der Waals surface area contributed by atoms with E-state index in [4.69, 9.17) is 9.72 Å². The minimum atomic E-state index is -2.66. The molecule has 5 rings (SSSR count). The largest absolute Gasteiger partial charge is 0.373 e. The number of morpholine rings is 1. The van der Waals surface area contributed by atoms with E-state index in [2.05, 4.69) is 36.2 Å². The number of halogens is 2. The maximum Gasteiger partial charge on any atom is 0.272 e. The van der Waals surface area contributed by atoms with E-state index in [0.717, 1.165) is 48.3 Å². The van der Waals surface area contributed by atoms with E-state index in [1.807, 2.05) is 30.5 Å². The van der Waals surface area contributed by atoms with Crippen LogP contribution in [0.15, 0.2) is 42.0 Å². The molecule has 2 saturated heterocycles. The number of benzene rings is 1. The van der Waals surface area contributed by atoms with Crippen molar-refractivity contribution in [3.8, 4) is 6.07 Å². The number of allylic oxidation sites excluding steroid dienone is 1. The molecule has 0 saturated carbocycles. The lowest BCUT2D eigenvalue weighted by Crippen LogP contribution is -2.44. The zero-order valence-corrected chi connectivity index (χ0v) is 26.2. The molecule has 2 unspecified atom stereocenters. The van der Waals surface area contributed by atoms with Gasteiger partial charge in [0, 0.05) is 32.7 Å². The number of ether oxygens (including phenoxy) is 1. The first kappa shape index (κ1) is 31.8. The Kier molecular flexibility index (Phi) is 9.78. The summed E-state index contributed by atoms with van der Waals surface area (Å²) in [5, 5.41) is 12.5. The van der Waals surface area contributed by atoms with Gasteiger partial charge in [-0.3, -0.25) is 19.8 Å². The first-order valence-electron chi connectivity index (χ1n) is 15.0. The number of likely N-dealkylation sites (tertiary alicyclic amines) is 1. The number of imidazole rings is 1. The van der Waals surface area contributed by atoms with Gasteiger partial charge in [0.2, 0.25) is 5.95 Å². The number of rotatable bonds is 9. The standard InChI is InChI=1S/C32H38F2N6O3S/c1-19(2)12-23(14-35)31(42)39-11-5-6-24(39)18-40-26-13-22(17-38-15-20(3)43-21(4)16-38)7-8-25(26)36-32(40)37-30(41)28-10-9-27(44-28)29(33)34/h7-10,12-13,19-21,24,29H,5-6,11,15-18H2,1-4H3,(H,36,37,41)/b23-12+/t20?,21?,24-/m1/s1. The minimum Gasteiger partial charge on any atom is -0.373 e. The van der Waals surface area contributed by atoms with Gasteiger partial charge in [-0.15, -0.1) is 11.3 Å². The van der Waals surface area contributed by atoms with Crippen molar-refractivity contribution < 1.29 is 23.1 Å². The van der Waals surface area contributed by atoms with Crippen molar-refractivity contribution in [3.05, 3.63) is 57.3 Å². The van der Waals surface area contributed by atoms with Gasteiger partial charge >= 0.3 is 0 Å². The monoisotopic (exact) mass is 624 g/mol. The molecule has 2 fully saturated rings. The summed E-state index contributed by atoms with van der Waals surface area (Å²) in [6.45, 7) is 11.2. The fraction of sp³-hybridized carbons (Fsp3) is 0.500. The first-order chi connectivity index (χ1) is 21.0. The van der Waals surface area contributed by atoms with E-state index in [1.54, 1.807) is 11.0 Å². The fourth-order valence-electron chi connectivity index (χ4n) is 6.12. The van der Waals surface area contributed by atoms with E-state index in [0.29, 0.717) is 25.2 Å². The van der Waals surface area contributed by atoms with Crippen LogP contribution in [-0.4, -0.2) is 69.0 Å². The van der Waals surface area contributed by atoms with Gasteiger partial charge in [-0.1, -0.05) is 26.0 Å². The average Bonchev–Trinajstić information content (AvgIpc) is 3.71. The maximum absolute atomic E-state index is 13.4. The van der Waals surface area contributed by atoms with E-state index in [1.165, 1.54) is 12.1 Å². The zero-order valence-electron chi connectivity index (χ0n) is 25.4. The van der Waals surface area contributed by atoms with E-state index >= 15 is 0 Å². The minimum absolute atomic E-state index is 0.0489. The van der Waals surface area contributed by atoms with E-state index in [-0.39, 0.29) is 51.4 Å². The first-order valence-corrected chi connectivity index (χ1v) is 15.8. The summed E-state index contributed by atoms with van der Waals surface area (Å²) in [6, 6.07) is 10.5. The van der Waals surface area contributed by atoms with Crippen molar-refractivity contribution in [2.45, 2.75) is 78.3 Å². The van der Waals surface area contributed by atoms with Crippen LogP contribution in [0.25, 0.3) is 11.0 Å². The quantitative estimate of drug-likeness (QED) is 0.232. The molecule has 44 heavy (non-hydrogen) atoms. The predicted molar refractivity (Wildman–Crippen MR) is 166 cm³/mol. The second-order valence-electron chi connectivity index (χ2n) is 12.0. The van der Waals surface area contributed by atoms with Crippen molar-refractivity contribution in [2.24, 2.45) is 5.92 Å². The molecule has 0 spiro atoms. The maximum atomic E-state index is 13.4. The topological polar surface area (TPSA) is 103 Å². The number of hydrogen-bond donors (Lipinski definition) is 1. The van der Waals surface area contributed by atoms with Crippen LogP contribution < -0.4 is 5.32 Å². The third-order valence-corrected chi connectivity index (χ3v) is 8.98. The van der Waals surface area contributed by atoms with Gasteiger partial charge in [0.1, 0.15) is 11.6 Å². The number of amides is 2. The predicted octanol–water partition coefficient (Wildman–Crippen LogP) is 5.99. The van der Waals surface area contributed by atoms with Crippen molar-refractivity contribution in [1.82, 2.24) is 19.4 Å². The summed E-state index contributed by atoms with van der Waals surface area (Å²) in [5.74, 6) is -0.498. The molecule has 3 aromatic rings. The number of nitrogens with zero attached hydrogens (tertiary/aromatic N) is 5. The molecule has 4 heterocycles. The van der Waals surface area contributed by atoms with Gasteiger partial charge < -0.3 is 14.2 Å². The van der Waals surface area contributed by atoms with Crippen molar-refractivity contribution in [1.29, 1.82) is 5.26 Å². The highest BCUT2D eigenvalue weighted by molar-refractivity contribution is 7.14. The van der Waals surface area contributed by atoms with Gasteiger partial charge in [0.05, 0.1) is 39.0 Å². The summed E-state index contributed by atoms with van der Waals surface area (Å²) >= 11 is 0.746. The van der Waals surface area contributed by atoms with Crippen LogP contribution >= 0.6 is 11.3 Å². The zero-order chi connectivity index (χ0) is 31.5. The summed E-state index contributed by atoms with van der Waals surface area (Å²) in [4.78, 5) is 35.4. The molecule has 12 heteroatoms. The number of aromatic nitrogens is 2. The fourth-order valence-corrected chi connectivity index (χ4v) is 6.88. The number of nitriles is 1. The van der Waals surface area contributed by atoms with Crippen molar-refractivity contribution in [2.75, 3.05) is 25.0 Å². The normalized spacial score (nSPS) is 21.4. The Labute approximate surface area is 260 Å². The number of carbonyl (C=O) groups excluding carboxylic acids is 2. The number of thiophene rings is 1. The van der Waals surface area contributed by atoms with Gasteiger partial charge in [-0.2, -0.15) is 5.26 Å². The van der Waals surface area contributed by atoms with Gasteiger partial charge in [-0.25, -0.2) is 13.8 Å². The molecule has 234 valence electrons. The molecular weight excluding hydrogens is 586 g/mol. The molecule has 0 bridgehead atoms. The molecule has 2 amide bonds. The number of carbonyl (C=O) groups is 2. The molecule has 2 aliphatic rings. The van der Waals surface area contributed by atoms with Gasteiger partial charge in [0.15, 0.2) is 0 Å². The lowest BCUT2D eigenvalue weighted by Gasteiger charge is -2.35. The molecule has 9 nitrogen and oxygen atoms in total. The van der Waals surface area contributed by atoms with Crippen molar-refractivity contribution in [3.63, 3.8) is 0 Å². The van der Waals surface area contributed by atoms with Crippen LogP contribution in [0.2, 0.25) is 0 Å². The Hall–Kier alpha value is -3.66. The Balaban J connectivity index is 1.48. The molecular formula is C32H38F2N6O3S. The summed E-state index contributed by atoms with van der Waals surface area (Å²) < 4.78 is 34.2. The Bertz CT molecular complexity index is 1580. The summed E-state index contributed by atoms with van der Waals surface area (Å²) in [7, 11) is 0. The van der Waals surface area contributed by atoms with Crippen LogP contribution in [0.4, 0.5) is 14.7 Å². The number of nitrogens with one attached hydrogen (secondary N) is 1. The van der Waals surface area contributed by atoms with Crippen LogP contribution in [0.5, 0.6) is 0 Å². The number of hydrogen-bond acceptors (Lipinski definition) is 7. The van der Waals surface area contributed by atoms with Gasteiger partial charge in [0.25, 0.3) is 18.2 Å². The highest BCUT2D eigenvalue weighted by atomic mass is 32.1. The van der Waals surface area contributed by atoms with Crippen molar-refractivity contribution >= 4 is 40.1 Å². The molecule has 1 N–H and O–H groups in total. The highest BCUT2D eigenvalue weighted by Crippen LogP contribution is 2.30. The number of fused-ring (bicyclic) bond motifs is 1. The molecule has 2 aliphatic heterocycles. The van der Waals surface area contributed by atoms with Crippen LogP contribution in [-0.2, 0) is 22.6 Å². The Morgan fingerprint density at radius 2 is 1.95 bits per heavy atom. The lowest BCUT2D eigenvalue weighted by molar-refractivity contribution is -0.127. The molecule has 3 atom stereocenters. The summed E-state index contributed by atoms with van der Waals surface area (Å²) in [5.41, 5.74) is 2.66. The SMILES string of the molecule is CC(C)/C=C(\C#N)C(=O)N1CCC[C@@H]1Cn1c(NC(=O)c2ccc(C(F)F)s2)nc2ccc(CN3CC(C)OC(C)C3)cc21. The molecule has 0 aliphatic carbocycles. The Morgan fingerprint density at radius 3 is 2.61 bits per heavy atom. The average molecular weight is 625 g/mol. The lowest BCUT2D eigenvalue weighted by atomic mass is 10.1. The van der Waals surface area contributed by atoms with Crippen LogP contribution in [0, 0.1) is 17.2 Å². The van der Waals surface area contributed by atoms with Crippen LogP contribution in [0.1, 0.15) is 67.1 Å². The molecule has 0 radical (unpaired) electrons. The number of alkyl halides is 2. The summed E-state index contributed by atoms with van der Waals surface area (Å²) in [6.07, 6.45) is 0.805. The molecule has 2 aromatic heterocycles.